The van der Waals surface area contributed by atoms with Crippen molar-refractivity contribution in [1.29, 1.82) is 5.26 Å². The van der Waals surface area contributed by atoms with Crippen molar-refractivity contribution in [2.75, 3.05) is 0 Å². The third-order valence-corrected chi connectivity index (χ3v) is 5.85. The van der Waals surface area contributed by atoms with Crippen LogP contribution in [0.4, 0.5) is 0 Å². The van der Waals surface area contributed by atoms with E-state index in [0.29, 0.717) is 22.6 Å². The third kappa shape index (κ3) is 5.74. The number of hydrogen-bond donors (Lipinski definition) is 3. The Hall–Kier alpha value is -4.29. The van der Waals surface area contributed by atoms with Gasteiger partial charge in [0, 0.05) is 11.3 Å². The van der Waals surface area contributed by atoms with Gasteiger partial charge in [0.1, 0.15) is 5.75 Å². The van der Waals surface area contributed by atoms with E-state index in [1.165, 1.54) is 6.07 Å². The molecule has 0 radical (unpaired) electrons. The molecule has 0 aliphatic heterocycles. The van der Waals surface area contributed by atoms with E-state index in [1.807, 2.05) is 42.5 Å². The lowest BCUT2D eigenvalue weighted by molar-refractivity contribution is -0.128. The van der Waals surface area contributed by atoms with Crippen LogP contribution in [-0.2, 0) is 10.5 Å². The first-order chi connectivity index (χ1) is 16.5. The maximum absolute atomic E-state index is 12.4. The van der Waals surface area contributed by atoms with Gasteiger partial charge in [0.05, 0.1) is 22.7 Å². The van der Waals surface area contributed by atoms with Crippen molar-refractivity contribution in [3.8, 4) is 11.8 Å². The van der Waals surface area contributed by atoms with Crippen molar-refractivity contribution in [2.24, 2.45) is 0 Å². The van der Waals surface area contributed by atoms with Crippen molar-refractivity contribution >= 4 is 34.6 Å². The highest BCUT2D eigenvalue weighted by Crippen LogP contribution is 2.23. The number of nitrogens with one attached hydrogen (secondary N) is 3. The molecule has 9 heteroatoms. The number of benzene rings is 3. The zero-order valence-corrected chi connectivity index (χ0v) is 19.1. The number of fused-ring (bicyclic) bond motifs is 1. The number of H-pyrrole nitrogens is 1. The monoisotopic (exact) mass is 471 g/mol. The van der Waals surface area contributed by atoms with Gasteiger partial charge in [-0.2, -0.15) is 5.26 Å². The summed E-state index contributed by atoms with van der Waals surface area (Å²) in [6, 6.07) is 23.5. The number of rotatable bonds is 7. The second kappa shape index (κ2) is 10.6. The Morgan fingerprint density at radius 2 is 1.88 bits per heavy atom. The van der Waals surface area contributed by atoms with Crippen LogP contribution in [0.5, 0.6) is 5.75 Å². The van der Waals surface area contributed by atoms with Crippen LogP contribution < -0.4 is 15.6 Å². The summed E-state index contributed by atoms with van der Waals surface area (Å²) in [6.07, 6.45) is -0.869. The molecule has 0 fully saturated rings. The first-order valence-corrected chi connectivity index (χ1v) is 11.4. The number of nitriles is 1. The topological polar surface area (TPSA) is 120 Å². The summed E-state index contributed by atoms with van der Waals surface area (Å²) in [5.41, 5.74) is 8.54. The summed E-state index contributed by atoms with van der Waals surface area (Å²) in [4.78, 5) is 32.4. The second-order valence-electron chi connectivity index (χ2n) is 7.39. The van der Waals surface area contributed by atoms with Gasteiger partial charge in [0.15, 0.2) is 11.3 Å². The molecule has 0 spiro atoms. The van der Waals surface area contributed by atoms with Crippen LogP contribution in [0.2, 0.25) is 0 Å². The number of imidazole rings is 1. The van der Waals surface area contributed by atoms with Gasteiger partial charge in [-0.1, -0.05) is 42.1 Å². The van der Waals surface area contributed by atoms with Gasteiger partial charge in [-0.3, -0.25) is 20.4 Å². The Kier molecular flexibility index (Phi) is 7.10. The Bertz CT molecular complexity index is 1330. The van der Waals surface area contributed by atoms with Crippen LogP contribution in [0.3, 0.4) is 0 Å². The molecule has 1 unspecified atom stereocenters. The number of aromatic amines is 1. The number of hydrazine groups is 1. The molecule has 3 aromatic carbocycles. The highest BCUT2D eigenvalue weighted by molar-refractivity contribution is 7.98. The molecule has 1 atom stereocenters. The number of para-hydroxylation sites is 2. The smallest absolute Gasteiger partial charge is 0.279 e. The highest BCUT2D eigenvalue weighted by Gasteiger charge is 2.16. The van der Waals surface area contributed by atoms with Crippen molar-refractivity contribution in [2.45, 2.75) is 23.9 Å². The van der Waals surface area contributed by atoms with E-state index in [9.17, 15) is 9.59 Å². The molecule has 8 nitrogen and oxygen atoms in total. The number of nitrogens with zero attached hydrogens (tertiary/aromatic N) is 2. The van der Waals surface area contributed by atoms with Crippen molar-refractivity contribution in [1.82, 2.24) is 20.8 Å². The number of aromatic nitrogens is 2. The fraction of sp³-hybridized carbons (Fsp3) is 0.120. The zero-order chi connectivity index (χ0) is 23.9. The van der Waals surface area contributed by atoms with Crippen LogP contribution in [0.1, 0.15) is 28.4 Å². The molecule has 170 valence electrons. The van der Waals surface area contributed by atoms with E-state index >= 15 is 0 Å². The Morgan fingerprint density at radius 1 is 1.09 bits per heavy atom. The van der Waals surface area contributed by atoms with Crippen molar-refractivity contribution < 1.29 is 14.3 Å². The lowest BCUT2D eigenvalue weighted by atomic mass is 10.1. The molecule has 4 aromatic rings. The summed E-state index contributed by atoms with van der Waals surface area (Å²) in [5, 5.41) is 9.78. The summed E-state index contributed by atoms with van der Waals surface area (Å²) >= 11 is 1.58. The number of amides is 2. The standard InChI is InChI=1S/C25H21N5O3S/c1-16(33-20-6-4-5-18(13-20)14-26)23(31)29-30-24(32)19-11-9-17(10-12-19)15-34-25-27-21-7-2-3-8-22(21)28-25/h2-13,16H,15H2,1H3,(H,27,28)(H,29,31)(H,30,32). The summed E-state index contributed by atoms with van der Waals surface area (Å²) in [7, 11) is 0. The van der Waals surface area contributed by atoms with Gasteiger partial charge in [-0.05, 0) is 55.0 Å². The quantitative estimate of drug-likeness (QED) is 0.277. The minimum absolute atomic E-state index is 0.393. The van der Waals surface area contributed by atoms with E-state index in [1.54, 1.807) is 49.0 Å². The number of carbonyl (C=O) groups is 2. The SMILES string of the molecule is CC(Oc1cccc(C#N)c1)C(=O)NNC(=O)c1ccc(CSc2nc3ccccc3[nH]2)cc1. The summed E-state index contributed by atoms with van der Waals surface area (Å²) in [5.74, 6) is 0.127. The van der Waals surface area contributed by atoms with Crippen LogP contribution in [0.25, 0.3) is 11.0 Å². The van der Waals surface area contributed by atoms with Crippen LogP contribution in [-0.4, -0.2) is 27.9 Å². The Balaban J connectivity index is 1.25. The third-order valence-electron chi connectivity index (χ3n) is 4.90. The molecule has 34 heavy (non-hydrogen) atoms. The van der Waals surface area contributed by atoms with E-state index in [4.69, 9.17) is 10.00 Å². The first kappa shape index (κ1) is 22.9. The van der Waals surface area contributed by atoms with E-state index < -0.39 is 17.9 Å². The molecule has 0 saturated carbocycles. The van der Waals surface area contributed by atoms with Crippen LogP contribution in [0, 0.1) is 11.3 Å². The Morgan fingerprint density at radius 3 is 2.65 bits per heavy atom. The number of ether oxygens (including phenoxy) is 1. The lowest BCUT2D eigenvalue weighted by Crippen LogP contribution is -2.47. The molecule has 3 N–H and O–H groups in total. The minimum Gasteiger partial charge on any atom is -0.481 e. The zero-order valence-electron chi connectivity index (χ0n) is 18.2. The summed E-state index contributed by atoms with van der Waals surface area (Å²) in [6.45, 7) is 1.55. The van der Waals surface area contributed by atoms with Gasteiger partial charge in [-0.15, -0.1) is 0 Å². The van der Waals surface area contributed by atoms with Crippen molar-refractivity contribution in [3.63, 3.8) is 0 Å². The summed E-state index contributed by atoms with van der Waals surface area (Å²) < 4.78 is 5.53. The molecular formula is C25H21N5O3S. The van der Waals surface area contributed by atoms with Crippen LogP contribution >= 0.6 is 11.8 Å². The normalized spacial score (nSPS) is 11.4. The van der Waals surface area contributed by atoms with Crippen molar-refractivity contribution in [3.05, 3.63) is 89.5 Å². The number of carbonyl (C=O) groups excluding carboxylic acids is 2. The van der Waals surface area contributed by atoms with Gasteiger partial charge < -0.3 is 9.72 Å². The predicted octanol–water partition coefficient (Wildman–Crippen LogP) is 3.96. The first-order valence-electron chi connectivity index (χ1n) is 10.5. The molecule has 2 amide bonds. The van der Waals surface area contributed by atoms with Gasteiger partial charge in [0.25, 0.3) is 11.8 Å². The fourth-order valence-electron chi connectivity index (χ4n) is 3.09. The van der Waals surface area contributed by atoms with Crippen LogP contribution in [0.15, 0.2) is 78.0 Å². The molecule has 0 aliphatic rings. The maximum atomic E-state index is 12.4. The molecule has 4 rings (SSSR count). The van der Waals surface area contributed by atoms with E-state index in [2.05, 4.69) is 20.8 Å². The molecule has 1 heterocycles. The Labute approximate surface area is 200 Å². The van der Waals surface area contributed by atoms with E-state index in [0.717, 1.165) is 21.8 Å². The average Bonchev–Trinajstić information content (AvgIpc) is 3.29. The fourth-order valence-corrected chi connectivity index (χ4v) is 3.93. The molecule has 0 aliphatic carbocycles. The number of thioether (sulfide) groups is 1. The lowest BCUT2D eigenvalue weighted by Gasteiger charge is -2.15. The second-order valence-corrected chi connectivity index (χ2v) is 8.35. The molecule has 0 bridgehead atoms. The molecule has 0 saturated heterocycles. The minimum atomic E-state index is -0.869. The van der Waals surface area contributed by atoms with E-state index in [-0.39, 0.29) is 0 Å². The largest absolute Gasteiger partial charge is 0.481 e. The molecular weight excluding hydrogens is 450 g/mol. The highest BCUT2D eigenvalue weighted by atomic mass is 32.2. The van der Waals surface area contributed by atoms with Gasteiger partial charge >= 0.3 is 0 Å². The average molecular weight is 472 g/mol. The number of hydrogen-bond acceptors (Lipinski definition) is 6. The van der Waals surface area contributed by atoms with Gasteiger partial charge in [0.2, 0.25) is 0 Å². The predicted molar refractivity (Wildman–Crippen MR) is 129 cm³/mol. The molecule has 1 aromatic heterocycles. The maximum Gasteiger partial charge on any atom is 0.279 e. The van der Waals surface area contributed by atoms with Gasteiger partial charge in [-0.25, -0.2) is 4.98 Å².